The van der Waals surface area contributed by atoms with Crippen LogP contribution in [0.3, 0.4) is 0 Å². The van der Waals surface area contributed by atoms with E-state index in [2.05, 4.69) is 218 Å². The maximum atomic E-state index is 2.56. The van der Waals surface area contributed by atoms with E-state index in [1.165, 1.54) is 122 Å². The fourth-order valence-corrected chi connectivity index (χ4v) is 11.8. The molecule has 3 aliphatic rings. The van der Waals surface area contributed by atoms with Crippen molar-refractivity contribution in [2.24, 2.45) is 0 Å². The lowest BCUT2D eigenvalue weighted by Gasteiger charge is -2.32. The predicted molar refractivity (Wildman–Crippen MR) is 276 cm³/mol. The lowest BCUT2D eigenvalue weighted by Crippen LogP contribution is -2.24. The summed E-state index contributed by atoms with van der Waals surface area (Å²) in [4.78, 5) is 5.12. The number of hydrogen-bond donors (Lipinski definition) is 0. The number of nitrogens with zero attached hydrogens (tertiary/aromatic N) is 2. The Balaban J connectivity index is 1.08. The van der Waals surface area contributed by atoms with Crippen molar-refractivity contribution < 1.29 is 0 Å². The van der Waals surface area contributed by atoms with Crippen LogP contribution in [0.1, 0.15) is 48.9 Å². The molecule has 0 fully saturated rings. The third-order valence-electron chi connectivity index (χ3n) is 15.1. The molecule has 0 N–H and O–H groups in total. The van der Waals surface area contributed by atoms with Gasteiger partial charge in [-0.25, -0.2) is 0 Å². The molecule has 312 valence electrons. The summed E-state index contributed by atoms with van der Waals surface area (Å²) in [7, 11) is 0. The van der Waals surface area contributed by atoms with Crippen LogP contribution in [0.2, 0.25) is 0 Å². The van der Waals surface area contributed by atoms with E-state index in [0.29, 0.717) is 0 Å². The lowest BCUT2D eigenvalue weighted by atomic mass is 9.80. The van der Waals surface area contributed by atoms with Crippen LogP contribution in [0.5, 0.6) is 0 Å². The molecule has 0 unspecified atom stereocenters. The molecule has 0 bridgehead atoms. The molecule has 65 heavy (non-hydrogen) atoms. The molecule has 10 aromatic rings. The molecule has 10 aromatic carbocycles. The van der Waals surface area contributed by atoms with Gasteiger partial charge in [-0.05, 0) is 173 Å². The number of rotatable bonds is 5. The largest absolute Gasteiger partial charge is 0.341 e. The van der Waals surface area contributed by atoms with Gasteiger partial charge in [-0.15, -0.1) is 0 Å². The number of para-hydroxylation sites is 2. The highest BCUT2D eigenvalue weighted by Gasteiger charge is 2.36. The highest BCUT2D eigenvalue weighted by molar-refractivity contribution is 6.22. The van der Waals surface area contributed by atoms with Crippen molar-refractivity contribution in [3.63, 3.8) is 0 Å². The van der Waals surface area contributed by atoms with Crippen LogP contribution in [0.15, 0.2) is 194 Å². The van der Waals surface area contributed by atoms with E-state index in [1.807, 2.05) is 0 Å². The lowest BCUT2D eigenvalue weighted by molar-refractivity contribution is 0.660. The fraction of sp³-hybridized carbons (Fsp3) is 0.143. The third-order valence-corrected chi connectivity index (χ3v) is 15.1. The first-order chi connectivity index (χ1) is 32.0. The van der Waals surface area contributed by atoms with Crippen LogP contribution >= 0.6 is 0 Å². The zero-order chi connectivity index (χ0) is 43.2. The Hall–Kier alpha value is -7.42. The highest BCUT2D eigenvalue weighted by Crippen LogP contribution is 2.52. The van der Waals surface area contributed by atoms with E-state index in [-0.39, 0.29) is 5.41 Å². The minimum Gasteiger partial charge on any atom is -0.341 e. The number of hydrogen-bond acceptors (Lipinski definition) is 2. The summed E-state index contributed by atoms with van der Waals surface area (Å²) in [5, 5.41) is 7.66. The van der Waals surface area contributed by atoms with Gasteiger partial charge in [-0.2, -0.15) is 0 Å². The van der Waals surface area contributed by atoms with Gasteiger partial charge in [0.1, 0.15) is 0 Å². The molecule has 0 atom stereocenters. The normalized spacial score (nSPS) is 14.9. The van der Waals surface area contributed by atoms with Crippen molar-refractivity contribution in [1.82, 2.24) is 0 Å². The average molecular weight is 835 g/mol. The molecule has 0 aromatic heterocycles. The molecule has 0 saturated heterocycles. The zero-order valence-electron chi connectivity index (χ0n) is 37.1. The summed E-state index contributed by atoms with van der Waals surface area (Å²) < 4.78 is 0. The fourth-order valence-electron chi connectivity index (χ4n) is 11.8. The van der Waals surface area contributed by atoms with Gasteiger partial charge in [0.25, 0.3) is 0 Å². The Kier molecular flexibility index (Phi) is 8.68. The van der Waals surface area contributed by atoms with Crippen molar-refractivity contribution in [3.8, 4) is 44.5 Å². The van der Waals surface area contributed by atoms with Gasteiger partial charge >= 0.3 is 0 Å². The van der Waals surface area contributed by atoms with E-state index < -0.39 is 0 Å². The van der Waals surface area contributed by atoms with E-state index in [0.717, 1.165) is 38.8 Å². The maximum Gasteiger partial charge on any atom is 0.0443 e. The molecule has 0 radical (unpaired) electrons. The van der Waals surface area contributed by atoms with Gasteiger partial charge in [-0.3, -0.25) is 0 Å². The summed E-state index contributed by atoms with van der Waals surface area (Å²) >= 11 is 0. The van der Waals surface area contributed by atoms with Gasteiger partial charge in [0, 0.05) is 41.3 Å². The average Bonchev–Trinajstić information content (AvgIpc) is 3.59. The molecule has 2 heteroatoms. The molecule has 2 heterocycles. The third kappa shape index (κ3) is 6.07. The van der Waals surface area contributed by atoms with E-state index in [9.17, 15) is 0 Å². The molecule has 2 nitrogen and oxygen atoms in total. The molecule has 1 aliphatic carbocycles. The monoisotopic (exact) mass is 834 g/mol. The Morgan fingerprint density at radius 3 is 1.57 bits per heavy atom. The molecule has 0 amide bonds. The van der Waals surface area contributed by atoms with Crippen LogP contribution in [0, 0.1) is 0 Å². The van der Waals surface area contributed by atoms with Crippen LogP contribution in [0.25, 0.3) is 76.8 Å². The van der Waals surface area contributed by atoms with Crippen molar-refractivity contribution in [3.05, 3.63) is 216 Å². The highest BCUT2D eigenvalue weighted by atomic mass is 15.1. The summed E-state index contributed by atoms with van der Waals surface area (Å²) in [6.45, 7) is 6.80. The first kappa shape index (κ1) is 38.1. The van der Waals surface area contributed by atoms with Crippen molar-refractivity contribution in [1.29, 1.82) is 0 Å². The minimum atomic E-state index is -0.113. The quantitative estimate of drug-likeness (QED) is 0.159. The molecular formula is C63H50N2. The van der Waals surface area contributed by atoms with E-state index in [1.54, 1.807) is 0 Å². The van der Waals surface area contributed by atoms with Crippen molar-refractivity contribution in [2.45, 2.75) is 44.9 Å². The second-order valence-electron chi connectivity index (χ2n) is 19.0. The van der Waals surface area contributed by atoms with Crippen molar-refractivity contribution in [2.75, 3.05) is 22.9 Å². The number of aryl methyl sites for hydroxylation is 2. The first-order valence-electron chi connectivity index (χ1n) is 23.6. The summed E-state index contributed by atoms with van der Waals surface area (Å²) in [5.74, 6) is 0. The Morgan fingerprint density at radius 1 is 0.369 bits per heavy atom. The molecular weight excluding hydrogens is 785 g/mol. The van der Waals surface area contributed by atoms with Crippen LogP contribution in [0.4, 0.5) is 22.7 Å². The van der Waals surface area contributed by atoms with E-state index in [4.69, 9.17) is 0 Å². The van der Waals surface area contributed by atoms with Gasteiger partial charge in [0.15, 0.2) is 0 Å². The van der Waals surface area contributed by atoms with E-state index >= 15 is 0 Å². The standard InChI is InChI=1S/C63H50N2/c1-63(2)57-20-8-7-19-51(57)52-32-29-48(38-58(52)63)62-54-34-31-49(64-35-11-17-43-14-5-9-21-59(43)64)39-55(54)61(45-26-23-42(24-27-45)47-28-25-41-13-3-4-16-46(41)37-47)53-33-30-50(40-56(53)62)65-36-12-18-44-15-6-10-22-60(44)65/h3-10,13-16,19-34,37-40H,11-12,17-18,35-36H2,1-2H3. The summed E-state index contributed by atoms with van der Waals surface area (Å²) in [6.07, 6.45) is 4.51. The summed E-state index contributed by atoms with van der Waals surface area (Å²) in [5.41, 5.74) is 20.9. The topological polar surface area (TPSA) is 6.48 Å². The van der Waals surface area contributed by atoms with Gasteiger partial charge in [0.05, 0.1) is 0 Å². The molecule has 13 rings (SSSR count). The molecule has 2 aliphatic heterocycles. The van der Waals surface area contributed by atoms with Crippen LogP contribution in [-0.4, -0.2) is 13.1 Å². The predicted octanol–water partition coefficient (Wildman–Crippen LogP) is 16.6. The summed E-state index contributed by atoms with van der Waals surface area (Å²) in [6, 6.07) is 73.9. The van der Waals surface area contributed by atoms with Crippen molar-refractivity contribution >= 4 is 55.1 Å². The van der Waals surface area contributed by atoms with Gasteiger partial charge < -0.3 is 9.80 Å². The Labute approximate surface area is 382 Å². The number of anilines is 4. The first-order valence-corrected chi connectivity index (χ1v) is 23.6. The second kappa shape index (κ2) is 14.8. The zero-order valence-corrected chi connectivity index (χ0v) is 37.1. The second-order valence-corrected chi connectivity index (χ2v) is 19.0. The van der Waals surface area contributed by atoms with Crippen LogP contribution < -0.4 is 9.80 Å². The minimum absolute atomic E-state index is 0.113. The molecule has 0 saturated carbocycles. The number of benzene rings is 10. The maximum absolute atomic E-state index is 2.56. The SMILES string of the molecule is CC1(C)c2ccccc2-c2ccc(-c3c4ccc(N5CCCc6ccccc65)cc4c(-c4ccc(-c5ccc6ccccc6c5)cc4)c4ccc(N5CCCc6ccccc65)cc34)cc21. The Bertz CT molecular complexity index is 3540. The van der Waals surface area contributed by atoms with Gasteiger partial charge in [-0.1, -0.05) is 159 Å². The smallest absolute Gasteiger partial charge is 0.0443 e. The van der Waals surface area contributed by atoms with Crippen LogP contribution in [-0.2, 0) is 18.3 Å². The van der Waals surface area contributed by atoms with Gasteiger partial charge in [0.2, 0.25) is 0 Å². The Morgan fingerprint density at radius 2 is 0.892 bits per heavy atom. The number of fused-ring (bicyclic) bond motifs is 8. The molecule has 0 spiro atoms.